The third-order valence-electron chi connectivity index (χ3n) is 3.24. The average molecular weight is 215 g/mol. The van der Waals surface area contributed by atoms with E-state index in [1.54, 1.807) is 6.08 Å². The van der Waals surface area contributed by atoms with Gasteiger partial charge in [-0.05, 0) is 29.9 Å². The number of Topliss-reactive ketones (excluding diaryl/α,β-unsaturated/α-hetero) is 1. The zero-order valence-corrected chi connectivity index (χ0v) is 9.36. The minimum atomic E-state index is -0.370. The molecule has 1 aliphatic carbocycles. The van der Waals surface area contributed by atoms with Crippen LogP contribution in [-0.2, 0) is 11.2 Å². The Kier molecular flexibility index (Phi) is 3.20. The standard InChI is InChI=1S/C14H17NO/c1-2-5-13(15)14(16)9-11-8-10-6-3-4-7-12(10)11/h2-4,6-7,11,13H,1,5,8-9,15H2. The molecule has 0 fully saturated rings. The average Bonchev–Trinajstić information content (AvgIpc) is 2.26. The van der Waals surface area contributed by atoms with E-state index in [1.165, 1.54) is 11.1 Å². The molecule has 1 aromatic carbocycles. The zero-order valence-electron chi connectivity index (χ0n) is 9.36. The van der Waals surface area contributed by atoms with Gasteiger partial charge in [-0.1, -0.05) is 30.3 Å². The van der Waals surface area contributed by atoms with Crippen LogP contribution in [-0.4, -0.2) is 11.8 Å². The Morgan fingerprint density at radius 3 is 3.00 bits per heavy atom. The monoisotopic (exact) mass is 215 g/mol. The summed E-state index contributed by atoms with van der Waals surface area (Å²) in [6, 6.07) is 7.93. The van der Waals surface area contributed by atoms with Gasteiger partial charge in [0.05, 0.1) is 6.04 Å². The lowest BCUT2D eigenvalue weighted by molar-refractivity contribution is -0.120. The van der Waals surface area contributed by atoms with Crippen molar-refractivity contribution in [3.05, 3.63) is 48.0 Å². The number of ketones is 1. The number of carbonyl (C=O) groups excluding carboxylic acids is 1. The highest BCUT2D eigenvalue weighted by molar-refractivity contribution is 5.85. The molecule has 1 aliphatic rings. The molecular formula is C14H17NO. The molecule has 0 bridgehead atoms. The highest BCUT2D eigenvalue weighted by atomic mass is 16.1. The number of hydrogen-bond acceptors (Lipinski definition) is 2. The number of fused-ring (bicyclic) bond motifs is 1. The quantitative estimate of drug-likeness (QED) is 0.765. The molecule has 0 saturated carbocycles. The first-order valence-corrected chi connectivity index (χ1v) is 5.69. The fourth-order valence-electron chi connectivity index (χ4n) is 2.25. The van der Waals surface area contributed by atoms with Crippen molar-refractivity contribution in [2.45, 2.75) is 31.2 Å². The van der Waals surface area contributed by atoms with Gasteiger partial charge in [0.2, 0.25) is 0 Å². The third-order valence-corrected chi connectivity index (χ3v) is 3.24. The molecule has 0 aliphatic heterocycles. The van der Waals surface area contributed by atoms with Crippen molar-refractivity contribution < 1.29 is 4.79 Å². The fourth-order valence-corrected chi connectivity index (χ4v) is 2.25. The van der Waals surface area contributed by atoms with E-state index in [0.717, 1.165) is 6.42 Å². The summed E-state index contributed by atoms with van der Waals surface area (Å²) in [6.45, 7) is 3.60. The summed E-state index contributed by atoms with van der Waals surface area (Å²) < 4.78 is 0. The largest absolute Gasteiger partial charge is 0.321 e. The van der Waals surface area contributed by atoms with Crippen LogP contribution in [0.2, 0.25) is 0 Å². The minimum Gasteiger partial charge on any atom is -0.321 e. The molecule has 2 unspecified atom stereocenters. The highest BCUT2D eigenvalue weighted by Gasteiger charge is 2.28. The summed E-state index contributed by atoms with van der Waals surface area (Å²) in [5.74, 6) is 0.541. The number of rotatable bonds is 5. The van der Waals surface area contributed by atoms with E-state index in [9.17, 15) is 4.79 Å². The predicted octanol–water partition coefficient (Wildman–Crippen LogP) is 2.19. The van der Waals surface area contributed by atoms with Crippen LogP contribution in [0.4, 0.5) is 0 Å². The normalized spacial score (nSPS) is 19.4. The SMILES string of the molecule is C=CCC(N)C(=O)CC1Cc2ccccc21. The number of nitrogens with two attached hydrogens (primary N) is 1. The predicted molar refractivity (Wildman–Crippen MR) is 65.3 cm³/mol. The Hall–Kier alpha value is -1.41. The smallest absolute Gasteiger partial charge is 0.150 e. The molecule has 2 N–H and O–H groups in total. The van der Waals surface area contributed by atoms with Gasteiger partial charge in [-0.3, -0.25) is 4.79 Å². The summed E-state index contributed by atoms with van der Waals surface area (Å²) >= 11 is 0. The third kappa shape index (κ3) is 2.07. The second-order valence-corrected chi connectivity index (χ2v) is 4.40. The van der Waals surface area contributed by atoms with Gasteiger partial charge in [0.1, 0.15) is 5.78 Å². The number of hydrogen-bond donors (Lipinski definition) is 1. The van der Waals surface area contributed by atoms with E-state index in [2.05, 4.69) is 18.7 Å². The molecule has 2 atom stereocenters. The number of benzene rings is 1. The van der Waals surface area contributed by atoms with E-state index in [1.807, 2.05) is 12.1 Å². The molecular weight excluding hydrogens is 198 g/mol. The van der Waals surface area contributed by atoms with Crippen molar-refractivity contribution in [3.63, 3.8) is 0 Å². The van der Waals surface area contributed by atoms with Crippen LogP contribution in [0, 0.1) is 0 Å². The van der Waals surface area contributed by atoms with Gasteiger partial charge >= 0.3 is 0 Å². The van der Waals surface area contributed by atoms with Crippen LogP contribution in [0.5, 0.6) is 0 Å². The molecule has 2 nitrogen and oxygen atoms in total. The maximum atomic E-state index is 11.8. The molecule has 0 saturated heterocycles. The van der Waals surface area contributed by atoms with Gasteiger partial charge < -0.3 is 5.73 Å². The Morgan fingerprint density at radius 2 is 2.31 bits per heavy atom. The molecule has 2 heteroatoms. The first-order valence-electron chi connectivity index (χ1n) is 5.69. The summed E-state index contributed by atoms with van der Waals surface area (Å²) in [4.78, 5) is 11.8. The molecule has 1 aromatic rings. The molecule has 0 radical (unpaired) electrons. The van der Waals surface area contributed by atoms with E-state index >= 15 is 0 Å². The van der Waals surface area contributed by atoms with Gasteiger partial charge in [0.15, 0.2) is 0 Å². The fraction of sp³-hybridized carbons (Fsp3) is 0.357. The molecule has 2 rings (SSSR count). The highest BCUT2D eigenvalue weighted by Crippen LogP contribution is 2.37. The van der Waals surface area contributed by atoms with Gasteiger partial charge in [-0.25, -0.2) is 0 Å². The lowest BCUT2D eigenvalue weighted by Crippen LogP contribution is -2.32. The summed E-state index contributed by atoms with van der Waals surface area (Å²) in [5, 5.41) is 0. The van der Waals surface area contributed by atoms with Crippen molar-refractivity contribution in [3.8, 4) is 0 Å². The number of carbonyl (C=O) groups is 1. The van der Waals surface area contributed by atoms with Crippen LogP contribution in [0.25, 0.3) is 0 Å². The lowest BCUT2D eigenvalue weighted by atomic mass is 9.74. The first kappa shape index (κ1) is 11.1. The maximum absolute atomic E-state index is 11.8. The van der Waals surface area contributed by atoms with Gasteiger partial charge in [0, 0.05) is 6.42 Å². The van der Waals surface area contributed by atoms with Crippen LogP contribution < -0.4 is 5.73 Å². The van der Waals surface area contributed by atoms with Crippen LogP contribution in [0.3, 0.4) is 0 Å². The topological polar surface area (TPSA) is 43.1 Å². The lowest BCUT2D eigenvalue weighted by Gasteiger charge is -2.30. The van der Waals surface area contributed by atoms with Crippen molar-refractivity contribution in [2.24, 2.45) is 5.73 Å². The molecule has 84 valence electrons. The van der Waals surface area contributed by atoms with Crippen LogP contribution in [0.1, 0.15) is 29.9 Å². The van der Waals surface area contributed by atoms with Gasteiger partial charge in [-0.15, -0.1) is 6.58 Å². The first-order chi connectivity index (χ1) is 7.72. The Morgan fingerprint density at radius 1 is 1.56 bits per heavy atom. The van der Waals surface area contributed by atoms with Crippen molar-refractivity contribution >= 4 is 5.78 Å². The van der Waals surface area contributed by atoms with Crippen molar-refractivity contribution in [2.75, 3.05) is 0 Å². The van der Waals surface area contributed by atoms with E-state index in [0.29, 0.717) is 18.8 Å². The molecule has 0 aromatic heterocycles. The van der Waals surface area contributed by atoms with Gasteiger partial charge in [0.25, 0.3) is 0 Å². The molecule has 0 spiro atoms. The summed E-state index contributed by atoms with van der Waals surface area (Å²) in [5.41, 5.74) is 8.45. The van der Waals surface area contributed by atoms with Crippen LogP contribution >= 0.6 is 0 Å². The van der Waals surface area contributed by atoms with E-state index < -0.39 is 0 Å². The van der Waals surface area contributed by atoms with Crippen molar-refractivity contribution in [1.82, 2.24) is 0 Å². The van der Waals surface area contributed by atoms with Crippen molar-refractivity contribution in [1.29, 1.82) is 0 Å². The van der Waals surface area contributed by atoms with E-state index in [-0.39, 0.29) is 11.8 Å². The summed E-state index contributed by atoms with van der Waals surface area (Å²) in [6.07, 6.45) is 3.87. The minimum absolute atomic E-state index is 0.152. The zero-order chi connectivity index (χ0) is 11.5. The Bertz CT molecular complexity index is 411. The molecule has 0 heterocycles. The Balaban J connectivity index is 1.94. The molecule has 16 heavy (non-hydrogen) atoms. The Labute approximate surface area is 96.2 Å². The molecule has 0 amide bonds. The maximum Gasteiger partial charge on any atom is 0.150 e. The van der Waals surface area contributed by atoms with E-state index in [4.69, 9.17) is 5.73 Å². The van der Waals surface area contributed by atoms with Gasteiger partial charge in [-0.2, -0.15) is 0 Å². The second-order valence-electron chi connectivity index (χ2n) is 4.40. The van der Waals surface area contributed by atoms with Crippen LogP contribution in [0.15, 0.2) is 36.9 Å². The summed E-state index contributed by atoms with van der Waals surface area (Å²) in [7, 11) is 0. The second kappa shape index (κ2) is 4.62.